The van der Waals surface area contributed by atoms with E-state index in [0.717, 1.165) is 31.0 Å². The Kier molecular flexibility index (Phi) is 6.45. The van der Waals surface area contributed by atoms with Crippen molar-refractivity contribution in [3.63, 3.8) is 0 Å². The van der Waals surface area contributed by atoms with Crippen molar-refractivity contribution < 1.29 is 4.74 Å². The molecule has 0 spiro atoms. The third kappa shape index (κ3) is 4.60. The van der Waals surface area contributed by atoms with Gasteiger partial charge in [0.05, 0.1) is 7.11 Å². The van der Waals surface area contributed by atoms with Crippen LogP contribution in [-0.4, -0.2) is 26.0 Å². The number of ether oxygens (including phenoxy) is 1. The molecule has 3 heteroatoms. The zero-order valence-corrected chi connectivity index (χ0v) is 11.9. The predicted molar refractivity (Wildman–Crippen MR) is 77.5 cm³/mol. The number of rotatable bonds is 7. The van der Waals surface area contributed by atoms with Gasteiger partial charge in [0.15, 0.2) is 0 Å². The van der Waals surface area contributed by atoms with E-state index in [1.807, 2.05) is 0 Å². The van der Waals surface area contributed by atoms with Crippen molar-refractivity contribution in [3.8, 4) is 5.75 Å². The molecule has 1 aromatic rings. The highest BCUT2D eigenvalue weighted by molar-refractivity contribution is 7.80. The number of hydrogen-bond donors (Lipinski definition) is 2. The minimum Gasteiger partial charge on any atom is -0.496 e. The van der Waals surface area contributed by atoms with Gasteiger partial charge < -0.3 is 10.1 Å². The highest BCUT2D eigenvalue weighted by Gasteiger charge is 2.06. The van der Waals surface area contributed by atoms with Crippen LogP contribution in [-0.2, 0) is 6.42 Å². The molecule has 0 heterocycles. The van der Waals surface area contributed by atoms with Gasteiger partial charge in [0.1, 0.15) is 5.75 Å². The maximum absolute atomic E-state index is 5.39. The summed E-state index contributed by atoms with van der Waals surface area (Å²) in [4.78, 5) is 0. The summed E-state index contributed by atoms with van der Waals surface area (Å²) < 4.78 is 5.39. The van der Waals surface area contributed by atoms with Crippen LogP contribution in [0.1, 0.15) is 30.9 Å². The lowest BCUT2D eigenvalue weighted by atomic mass is 9.99. The summed E-state index contributed by atoms with van der Waals surface area (Å²) in [5.41, 5.74) is 2.65. The fraction of sp³-hybridized carbons (Fsp3) is 0.571. The Hall–Kier alpha value is -0.670. The minimum absolute atomic E-state index is 0.560. The van der Waals surface area contributed by atoms with Crippen molar-refractivity contribution in [3.05, 3.63) is 29.3 Å². The largest absolute Gasteiger partial charge is 0.496 e. The van der Waals surface area contributed by atoms with E-state index in [1.165, 1.54) is 11.1 Å². The summed E-state index contributed by atoms with van der Waals surface area (Å²) in [6.45, 7) is 6.35. The van der Waals surface area contributed by atoms with Crippen LogP contribution < -0.4 is 10.1 Å². The Morgan fingerprint density at radius 1 is 1.29 bits per heavy atom. The lowest BCUT2D eigenvalue weighted by molar-refractivity contribution is 0.409. The van der Waals surface area contributed by atoms with Gasteiger partial charge in [-0.15, -0.1) is 0 Å². The van der Waals surface area contributed by atoms with Crippen LogP contribution in [0.2, 0.25) is 0 Å². The van der Waals surface area contributed by atoms with Crippen molar-refractivity contribution in [2.24, 2.45) is 0 Å². The maximum Gasteiger partial charge on any atom is 0.122 e. The van der Waals surface area contributed by atoms with E-state index in [4.69, 9.17) is 4.74 Å². The van der Waals surface area contributed by atoms with Gasteiger partial charge in [0.2, 0.25) is 0 Å². The second-order valence-electron chi connectivity index (χ2n) is 4.45. The van der Waals surface area contributed by atoms with Gasteiger partial charge in [-0.05, 0) is 36.1 Å². The fourth-order valence-electron chi connectivity index (χ4n) is 1.78. The molecule has 0 fully saturated rings. The topological polar surface area (TPSA) is 21.3 Å². The zero-order valence-electron chi connectivity index (χ0n) is 11.0. The smallest absolute Gasteiger partial charge is 0.122 e. The molecule has 0 aliphatic heterocycles. The Labute approximate surface area is 110 Å². The van der Waals surface area contributed by atoms with E-state index in [-0.39, 0.29) is 0 Å². The van der Waals surface area contributed by atoms with Crippen LogP contribution in [0.25, 0.3) is 0 Å². The normalized spacial score (nSPS) is 10.9. The monoisotopic (exact) mass is 253 g/mol. The first-order valence-electron chi connectivity index (χ1n) is 6.17. The highest BCUT2D eigenvalue weighted by atomic mass is 32.1. The van der Waals surface area contributed by atoms with Gasteiger partial charge in [-0.2, -0.15) is 12.6 Å². The number of methoxy groups -OCH3 is 1. The standard InChI is InChI=1S/C14H23NOS/c1-11(2)12-4-5-14(16-3)13(10-12)6-7-15-8-9-17/h4-5,10-11,15,17H,6-9H2,1-3H3. The van der Waals surface area contributed by atoms with Crippen molar-refractivity contribution in [2.45, 2.75) is 26.2 Å². The molecule has 0 aliphatic rings. The first-order valence-corrected chi connectivity index (χ1v) is 6.80. The molecular weight excluding hydrogens is 230 g/mol. The van der Waals surface area contributed by atoms with Crippen molar-refractivity contribution in [1.82, 2.24) is 5.32 Å². The molecule has 2 nitrogen and oxygen atoms in total. The summed E-state index contributed by atoms with van der Waals surface area (Å²) >= 11 is 4.18. The number of hydrogen-bond acceptors (Lipinski definition) is 3. The lowest BCUT2D eigenvalue weighted by Crippen LogP contribution is -2.19. The molecule has 0 saturated carbocycles. The van der Waals surface area contributed by atoms with Gasteiger partial charge in [-0.3, -0.25) is 0 Å². The number of nitrogens with one attached hydrogen (secondary N) is 1. The van der Waals surface area contributed by atoms with E-state index in [1.54, 1.807) is 7.11 Å². The van der Waals surface area contributed by atoms with Gasteiger partial charge in [0.25, 0.3) is 0 Å². The molecule has 0 unspecified atom stereocenters. The van der Waals surface area contributed by atoms with Gasteiger partial charge in [0, 0.05) is 12.3 Å². The Balaban J connectivity index is 2.69. The van der Waals surface area contributed by atoms with Gasteiger partial charge in [-0.25, -0.2) is 0 Å². The number of benzene rings is 1. The first kappa shape index (κ1) is 14.4. The minimum atomic E-state index is 0.560. The van der Waals surface area contributed by atoms with Crippen LogP contribution in [0.5, 0.6) is 5.75 Å². The van der Waals surface area contributed by atoms with Crippen LogP contribution in [0.3, 0.4) is 0 Å². The molecule has 0 amide bonds. The third-order valence-corrected chi connectivity index (χ3v) is 3.05. The van der Waals surface area contributed by atoms with Gasteiger partial charge in [-0.1, -0.05) is 26.0 Å². The van der Waals surface area contributed by atoms with Crippen LogP contribution in [0.15, 0.2) is 18.2 Å². The van der Waals surface area contributed by atoms with Crippen molar-refractivity contribution >= 4 is 12.6 Å². The molecule has 1 rings (SSSR count). The summed E-state index contributed by atoms with van der Waals surface area (Å²) in [5.74, 6) is 2.43. The number of thiol groups is 1. The first-order chi connectivity index (χ1) is 8.19. The van der Waals surface area contributed by atoms with Crippen molar-refractivity contribution in [1.29, 1.82) is 0 Å². The molecule has 17 heavy (non-hydrogen) atoms. The van der Waals surface area contributed by atoms with Gasteiger partial charge >= 0.3 is 0 Å². The maximum atomic E-state index is 5.39. The molecule has 1 aromatic carbocycles. The van der Waals surface area contributed by atoms with E-state index >= 15 is 0 Å². The molecular formula is C14H23NOS. The molecule has 96 valence electrons. The van der Waals surface area contributed by atoms with Crippen molar-refractivity contribution in [2.75, 3.05) is 26.0 Å². The van der Waals surface area contributed by atoms with Crippen LogP contribution in [0, 0.1) is 0 Å². The zero-order chi connectivity index (χ0) is 12.7. The third-order valence-electron chi connectivity index (χ3n) is 2.83. The average Bonchev–Trinajstić information content (AvgIpc) is 2.34. The summed E-state index contributed by atoms with van der Waals surface area (Å²) in [6, 6.07) is 6.48. The summed E-state index contributed by atoms with van der Waals surface area (Å²) in [6.07, 6.45) is 0.998. The quantitative estimate of drug-likeness (QED) is 0.576. The van der Waals surface area contributed by atoms with Crippen LogP contribution in [0.4, 0.5) is 0 Å². The average molecular weight is 253 g/mol. The van der Waals surface area contributed by atoms with E-state index in [0.29, 0.717) is 5.92 Å². The Morgan fingerprint density at radius 3 is 2.65 bits per heavy atom. The highest BCUT2D eigenvalue weighted by Crippen LogP contribution is 2.24. The van der Waals surface area contributed by atoms with E-state index in [2.05, 4.69) is 50.0 Å². The molecule has 0 radical (unpaired) electrons. The van der Waals surface area contributed by atoms with E-state index in [9.17, 15) is 0 Å². The summed E-state index contributed by atoms with van der Waals surface area (Å²) in [7, 11) is 1.73. The predicted octanol–water partition coefficient (Wildman–Crippen LogP) is 2.88. The Bertz CT molecular complexity index is 339. The second kappa shape index (κ2) is 7.62. The van der Waals surface area contributed by atoms with Crippen LogP contribution >= 0.6 is 12.6 Å². The fourth-order valence-corrected chi connectivity index (χ4v) is 1.94. The second-order valence-corrected chi connectivity index (χ2v) is 4.90. The molecule has 1 N–H and O–H groups in total. The van der Waals surface area contributed by atoms with E-state index < -0.39 is 0 Å². The molecule has 0 aromatic heterocycles. The lowest BCUT2D eigenvalue weighted by Gasteiger charge is -2.13. The Morgan fingerprint density at radius 2 is 2.06 bits per heavy atom. The SMILES string of the molecule is COc1ccc(C(C)C)cc1CCNCCS. The molecule has 0 aliphatic carbocycles. The summed E-state index contributed by atoms with van der Waals surface area (Å²) in [5, 5.41) is 3.35. The molecule has 0 atom stereocenters. The molecule has 0 saturated heterocycles. The molecule has 0 bridgehead atoms.